The summed E-state index contributed by atoms with van der Waals surface area (Å²) in [6, 6.07) is 2.09. The fraction of sp³-hybridized carbons (Fsp3) is 0.700. The average Bonchev–Trinajstić information content (AvgIpc) is 3.47. The molecule has 0 aromatic carbocycles. The second-order valence-corrected chi connectivity index (χ2v) is 13.2. The Morgan fingerprint density at radius 1 is 1.26 bits per heavy atom. The highest BCUT2D eigenvalue weighted by atomic mass is 32.2. The summed E-state index contributed by atoms with van der Waals surface area (Å²) in [5.41, 5.74) is -0.310. The zero-order chi connectivity index (χ0) is 25.4. The van der Waals surface area contributed by atoms with Crippen molar-refractivity contribution in [3.63, 3.8) is 0 Å². The summed E-state index contributed by atoms with van der Waals surface area (Å²) >= 11 is 0. The molecule has 196 valence electrons. The van der Waals surface area contributed by atoms with Crippen LogP contribution in [-0.4, -0.2) is 85.4 Å². The molecular formula is C20H31N4O9PS. The van der Waals surface area contributed by atoms with E-state index in [0.717, 1.165) is 37.8 Å². The average molecular weight is 535 g/mol. The molecule has 5 N–H and O–H groups in total. The van der Waals surface area contributed by atoms with E-state index in [9.17, 15) is 23.2 Å². The molecule has 3 heterocycles. The maximum absolute atomic E-state index is 12.2. The van der Waals surface area contributed by atoms with E-state index in [4.69, 9.17) is 19.3 Å². The summed E-state index contributed by atoms with van der Waals surface area (Å²) in [4.78, 5) is 22.5. The van der Waals surface area contributed by atoms with Gasteiger partial charge in [-0.25, -0.2) is 13.1 Å². The summed E-state index contributed by atoms with van der Waals surface area (Å²) < 4.78 is 48.2. The van der Waals surface area contributed by atoms with Crippen LogP contribution >= 0.6 is 7.60 Å². The Hall–Kier alpha value is -1.80. The van der Waals surface area contributed by atoms with Gasteiger partial charge in [0.25, 0.3) is 0 Å². The number of fused-ring (bicyclic) bond motifs is 1. The monoisotopic (exact) mass is 534 g/mol. The number of anilines is 1. The molecule has 0 amide bonds. The molecule has 15 heteroatoms. The molecular weight excluding hydrogens is 503 g/mol. The Morgan fingerprint density at radius 3 is 2.63 bits per heavy atom. The summed E-state index contributed by atoms with van der Waals surface area (Å²) in [6.45, 7) is 2.40. The molecule has 0 spiro atoms. The van der Waals surface area contributed by atoms with Crippen LogP contribution < -0.4 is 10.1 Å². The van der Waals surface area contributed by atoms with Crippen LogP contribution in [-0.2, 0) is 19.1 Å². The highest BCUT2D eigenvalue weighted by Crippen LogP contribution is 2.39. The van der Waals surface area contributed by atoms with Gasteiger partial charge in [-0.15, -0.1) is 0 Å². The number of hydrogen-bond acceptors (Lipinski definition) is 10. The molecule has 35 heavy (non-hydrogen) atoms. The molecule has 4 atom stereocenters. The lowest BCUT2D eigenvalue weighted by molar-refractivity contribution is -0.0365. The Balaban J connectivity index is 1.63. The second-order valence-electron chi connectivity index (χ2n) is 9.06. The number of rotatable bonds is 10. The van der Waals surface area contributed by atoms with Gasteiger partial charge >= 0.3 is 7.60 Å². The van der Waals surface area contributed by atoms with Crippen LogP contribution in [0.15, 0.2) is 12.3 Å². The molecule has 13 nitrogen and oxygen atoms in total. The van der Waals surface area contributed by atoms with Gasteiger partial charge in [0, 0.05) is 12.1 Å². The van der Waals surface area contributed by atoms with Crippen molar-refractivity contribution in [3.05, 3.63) is 12.3 Å². The molecule has 0 radical (unpaired) electrons. The molecule has 1 aliphatic heterocycles. The van der Waals surface area contributed by atoms with Gasteiger partial charge in [0.2, 0.25) is 5.88 Å². The van der Waals surface area contributed by atoms with Crippen molar-refractivity contribution in [3.8, 4) is 5.88 Å². The highest BCUT2D eigenvalue weighted by molar-refractivity contribution is 7.97. The number of hydrogen-bond donors (Lipinski definition) is 5. The fourth-order valence-electron chi connectivity index (χ4n) is 4.50. The number of nitrogens with zero attached hydrogens (tertiary/aromatic N) is 3. The van der Waals surface area contributed by atoms with Crippen molar-refractivity contribution in [1.82, 2.24) is 14.8 Å². The van der Waals surface area contributed by atoms with Gasteiger partial charge in [0.15, 0.2) is 27.2 Å². The zero-order valence-corrected chi connectivity index (χ0v) is 20.9. The first-order valence-corrected chi connectivity index (χ1v) is 15.1. The number of ether oxygens (including phenoxy) is 2. The van der Waals surface area contributed by atoms with Gasteiger partial charge in [-0.2, -0.15) is 10.1 Å². The van der Waals surface area contributed by atoms with Crippen LogP contribution in [0.3, 0.4) is 0 Å². The Morgan fingerprint density at radius 2 is 1.97 bits per heavy atom. The number of aliphatic hydroxyl groups is 2. The van der Waals surface area contributed by atoms with Crippen LogP contribution in [0.5, 0.6) is 5.88 Å². The largest absolute Gasteiger partial charge is 0.478 e. The highest BCUT2D eigenvalue weighted by Gasteiger charge is 2.47. The van der Waals surface area contributed by atoms with E-state index in [2.05, 4.69) is 15.4 Å². The summed E-state index contributed by atoms with van der Waals surface area (Å²) in [5, 5.41) is 29.5. The van der Waals surface area contributed by atoms with Crippen molar-refractivity contribution in [1.29, 1.82) is 0 Å². The quantitative estimate of drug-likeness (QED) is 0.269. The molecule has 2 fully saturated rings. The first kappa shape index (κ1) is 26.3. The molecule has 2 aromatic rings. The maximum Gasteiger partial charge on any atom is 0.340 e. The molecule has 2 aromatic heterocycles. The zero-order valence-electron chi connectivity index (χ0n) is 19.2. The van der Waals surface area contributed by atoms with E-state index in [1.54, 1.807) is 12.3 Å². The number of aromatic nitrogens is 3. The van der Waals surface area contributed by atoms with E-state index in [0.29, 0.717) is 29.6 Å². The molecule has 1 saturated heterocycles. The maximum atomic E-state index is 12.2. The third kappa shape index (κ3) is 6.13. The van der Waals surface area contributed by atoms with Crippen LogP contribution in [0, 0.1) is 0 Å². The minimum absolute atomic E-state index is 0.293. The van der Waals surface area contributed by atoms with Gasteiger partial charge in [-0.05, 0) is 19.3 Å². The normalized spacial score (nSPS) is 26.0. The third-order valence-corrected chi connectivity index (χ3v) is 9.83. The molecule has 2 aliphatic rings. The standard InChI is InChI=1S/C20H31N4O9PS/c1-2-7-32-16-8-14(22-12-5-3-4-6-12)13-9-21-24(19(13)23-16)20-18(26)17(25)15(33-20)10-35(30,31)11-34(27,28)29/h8-9,12,15,17-18,20,25-26H,2-7,10-11H2,1H3,(H,22,23)(H2,27,28,29)/t15-,17-,18-,20-/m1/s1. The van der Waals surface area contributed by atoms with Crippen LogP contribution in [0.2, 0.25) is 0 Å². The van der Waals surface area contributed by atoms with Crippen molar-refractivity contribution < 1.29 is 42.5 Å². The minimum atomic E-state index is -4.84. The summed E-state index contributed by atoms with van der Waals surface area (Å²) in [5.74, 6) is -0.533. The van der Waals surface area contributed by atoms with Gasteiger partial charge in [-0.1, -0.05) is 19.8 Å². The van der Waals surface area contributed by atoms with Crippen molar-refractivity contribution in [2.24, 2.45) is 0 Å². The number of sulfone groups is 1. The van der Waals surface area contributed by atoms with Crippen molar-refractivity contribution >= 4 is 34.2 Å². The molecule has 0 bridgehead atoms. The predicted octanol–water partition coefficient (Wildman–Crippen LogP) is 0.744. The van der Waals surface area contributed by atoms with Gasteiger partial charge in [0.1, 0.15) is 18.3 Å². The number of nitrogens with one attached hydrogen (secondary N) is 1. The van der Waals surface area contributed by atoms with Crippen molar-refractivity contribution in [2.45, 2.75) is 69.6 Å². The number of pyridine rings is 1. The summed E-state index contributed by atoms with van der Waals surface area (Å²) in [6.07, 6.45) is 0.785. The van der Waals surface area contributed by atoms with Gasteiger partial charge < -0.3 is 34.8 Å². The first-order valence-electron chi connectivity index (χ1n) is 11.5. The SMILES string of the molecule is CCCOc1cc(NC2CCCC2)c2cnn([C@@H]3O[C@H](CS(=O)(=O)CP(=O)(O)O)[C@@H](O)[C@H]3O)c2n1. The first-order chi connectivity index (χ1) is 16.5. The van der Waals surface area contributed by atoms with Crippen LogP contribution in [0.25, 0.3) is 11.0 Å². The predicted molar refractivity (Wildman–Crippen MR) is 126 cm³/mol. The van der Waals surface area contributed by atoms with E-state index >= 15 is 0 Å². The van der Waals surface area contributed by atoms with Gasteiger partial charge in [0.05, 0.1) is 29.6 Å². The molecule has 0 unspecified atom stereocenters. The van der Waals surface area contributed by atoms with E-state index in [-0.39, 0.29) is 0 Å². The van der Waals surface area contributed by atoms with E-state index < -0.39 is 53.2 Å². The number of aliphatic hydroxyl groups excluding tert-OH is 2. The molecule has 4 rings (SSSR count). The Labute approximate surface area is 202 Å². The smallest absolute Gasteiger partial charge is 0.340 e. The van der Waals surface area contributed by atoms with Crippen LogP contribution in [0.4, 0.5) is 5.69 Å². The Kier molecular flexibility index (Phi) is 7.72. The van der Waals surface area contributed by atoms with Crippen LogP contribution in [0.1, 0.15) is 45.3 Å². The second kappa shape index (κ2) is 10.3. The lowest BCUT2D eigenvalue weighted by Crippen LogP contribution is -2.36. The van der Waals surface area contributed by atoms with Crippen molar-refractivity contribution in [2.75, 3.05) is 23.2 Å². The van der Waals surface area contributed by atoms with E-state index in [1.807, 2.05) is 6.92 Å². The fourth-order valence-corrected chi connectivity index (χ4v) is 7.75. The third-order valence-electron chi connectivity index (χ3n) is 6.07. The minimum Gasteiger partial charge on any atom is -0.478 e. The van der Waals surface area contributed by atoms with E-state index in [1.165, 1.54) is 4.68 Å². The topological polar surface area (TPSA) is 193 Å². The Bertz CT molecular complexity index is 1190. The molecule has 1 saturated carbocycles. The lowest BCUT2D eigenvalue weighted by atomic mass is 10.1. The lowest BCUT2D eigenvalue weighted by Gasteiger charge is -2.18. The summed E-state index contributed by atoms with van der Waals surface area (Å²) in [7, 11) is -9.13. The van der Waals surface area contributed by atoms with Gasteiger partial charge in [-0.3, -0.25) is 4.57 Å². The molecule has 1 aliphatic carbocycles.